The van der Waals surface area contributed by atoms with Gasteiger partial charge in [-0.05, 0) is 96.8 Å². The van der Waals surface area contributed by atoms with Crippen molar-refractivity contribution in [1.82, 2.24) is 24.8 Å². The minimum absolute atomic E-state index is 0.425. The van der Waals surface area contributed by atoms with Gasteiger partial charge in [-0.15, -0.1) is 0 Å². The molecule has 4 aromatic rings. The first-order valence-corrected chi connectivity index (χ1v) is 20.6. The standard InChI is InChI=1S/C38H51BrN9OP/c1-8-26-22-32(34(49-5)24-33(26)48-16-14-28(15-17-48)47-20-18-46(4)19-21-47)43-38-40-25-29(39)37(44-38)42-31-13-12-27(23-35(31)50(6)7)30-10-9-11-36(41-30)45(2)3/h9-13,22-25,28H,8,14-21H2,1-7H3,(H2,40,42,43,44). The SMILES string of the molecule is CCc1cc(Nc2ncc(Br)c(Nc3ccc(-c4cccc(N(C)C)n4)cc3P(C)C)n2)c(OC)cc1N1CCC(N2CCN(C)CC2)CC1. The van der Waals surface area contributed by atoms with Gasteiger partial charge in [0.25, 0.3) is 0 Å². The summed E-state index contributed by atoms with van der Waals surface area (Å²) in [6.07, 6.45) is 5.10. The second kappa shape index (κ2) is 16.2. The molecule has 2 aliphatic rings. The molecular formula is C38H51BrN9OP. The quantitative estimate of drug-likeness (QED) is 0.156. The van der Waals surface area contributed by atoms with Crippen molar-refractivity contribution in [1.29, 1.82) is 0 Å². The van der Waals surface area contributed by atoms with E-state index < -0.39 is 7.92 Å². The highest BCUT2D eigenvalue weighted by atomic mass is 79.9. The van der Waals surface area contributed by atoms with Crippen molar-refractivity contribution in [3.05, 3.63) is 64.8 Å². The first kappa shape index (κ1) is 36.3. The Bertz CT molecular complexity index is 1770. The van der Waals surface area contributed by atoms with Gasteiger partial charge in [0.2, 0.25) is 5.95 Å². The molecule has 2 saturated heterocycles. The molecule has 2 aliphatic heterocycles. The van der Waals surface area contributed by atoms with Crippen molar-refractivity contribution in [2.24, 2.45) is 0 Å². The molecule has 10 nitrogen and oxygen atoms in total. The van der Waals surface area contributed by atoms with Crippen LogP contribution in [0.5, 0.6) is 5.75 Å². The van der Waals surface area contributed by atoms with E-state index in [1.165, 1.54) is 55.6 Å². The van der Waals surface area contributed by atoms with E-state index >= 15 is 0 Å². The van der Waals surface area contributed by atoms with Gasteiger partial charge in [0.15, 0.2) is 0 Å². The van der Waals surface area contributed by atoms with E-state index in [1.54, 1.807) is 13.3 Å². The number of rotatable bonds is 11. The van der Waals surface area contributed by atoms with Crippen LogP contribution < -0.4 is 30.5 Å². The van der Waals surface area contributed by atoms with Crippen molar-refractivity contribution in [2.75, 3.05) is 101 Å². The number of aryl methyl sites for hydroxylation is 1. The topological polar surface area (TPSA) is 84.9 Å². The number of methoxy groups -OCH3 is 1. The van der Waals surface area contributed by atoms with Crippen LogP contribution >= 0.6 is 23.9 Å². The van der Waals surface area contributed by atoms with Crippen LogP contribution in [0.15, 0.2) is 59.2 Å². The molecule has 0 amide bonds. The van der Waals surface area contributed by atoms with Crippen molar-refractivity contribution in [2.45, 2.75) is 32.2 Å². The molecule has 4 heterocycles. The van der Waals surface area contributed by atoms with Gasteiger partial charge in [0.1, 0.15) is 17.4 Å². The number of nitrogens with zero attached hydrogens (tertiary/aromatic N) is 7. The monoisotopic (exact) mass is 759 g/mol. The van der Waals surface area contributed by atoms with Crippen molar-refractivity contribution in [3.63, 3.8) is 0 Å². The first-order valence-electron chi connectivity index (χ1n) is 17.5. The molecule has 0 aliphatic carbocycles. The smallest absolute Gasteiger partial charge is 0.229 e. The molecule has 0 bridgehead atoms. The van der Waals surface area contributed by atoms with E-state index in [0.29, 0.717) is 17.8 Å². The van der Waals surface area contributed by atoms with Crippen LogP contribution in [0.3, 0.4) is 0 Å². The fraction of sp³-hybridized carbons (Fsp3) is 0.447. The maximum absolute atomic E-state index is 5.95. The van der Waals surface area contributed by atoms with Gasteiger partial charge in [-0.25, -0.2) is 9.97 Å². The number of benzene rings is 2. The second-order valence-corrected chi connectivity index (χ2v) is 16.8. The molecule has 12 heteroatoms. The Morgan fingerprint density at radius 3 is 2.38 bits per heavy atom. The Morgan fingerprint density at radius 1 is 0.940 bits per heavy atom. The molecule has 0 spiro atoms. The number of anilines is 6. The number of aromatic nitrogens is 3. The number of hydrogen-bond acceptors (Lipinski definition) is 10. The Hall–Kier alpha value is -3.50. The molecule has 0 atom stereocenters. The highest BCUT2D eigenvalue weighted by Gasteiger charge is 2.28. The molecule has 2 aromatic carbocycles. The summed E-state index contributed by atoms with van der Waals surface area (Å²) in [4.78, 5) is 24.1. The first-order chi connectivity index (χ1) is 24.1. The van der Waals surface area contributed by atoms with Crippen LogP contribution in [0.1, 0.15) is 25.3 Å². The summed E-state index contributed by atoms with van der Waals surface area (Å²) in [5, 5.41) is 8.31. The molecule has 50 heavy (non-hydrogen) atoms. The normalized spacial score (nSPS) is 16.1. The number of piperazine rings is 1. The molecule has 266 valence electrons. The Morgan fingerprint density at radius 2 is 1.70 bits per heavy atom. The summed E-state index contributed by atoms with van der Waals surface area (Å²) in [6.45, 7) is 13.6. The van der Waals surface area contributed by atoms with Crippen LogP contribution in [-0.4, -0.2) is 112 Å². The van der Waals surface area contributed by atoms with Crippen LogP contribution in [0, 0.1) is 0 Å². The molecule has 0 saturated carbocycles. The van der Waals surface area contributed by atoms with Crippen LogP contribution in [0.2, 0.25) is 0 Å². The maximum atomic E-state index is 5.95. The fourth-order valence-electron chi connectivity index (χ4n) is 6.88. The number of ether oxygens (including phenoxy) is 1. The lowest BCUT2D eigenvalue weighted by Crippen LogP contribution is -2.52. The third-order valence-corrected chi connectivity index (χ3v) is 11.8. The Labute approximate surface area is 307 Å². The van der Waals surface area contributed by atoms with Crippen molar-refractivity contribution >= 4 is 63.8 Å². The number of pyridine rings is 1. The van der Waals surface area contributed by atoms with Gasteiger partial charge in [-0.3, -0.25) is 4.90 Å². The van der Waals surface area contributed by atoms with Gasteiger partial charge >= 0.3 is 0 Å². The largest absolute Gasteiger partial charge is 0.494 e. The molecule has 6 rings (SSSR count). The average molecular weight is 761 g/mol. The average Bonchev–Trinajstić information content (AvgIpc) is 3.13. The van der Waals surface area contributed by atoms with E-state index in [0.717, 1.165) is 58.2 Å². The lowest BCUT2D eigenvalue weighted by Gasteiger charge is -2.43. The van der Waals surface area contributed by atoms with Gasteiger partial charge in [0.05, 0.1) is 23.0 Å². The molecule has 2 fully saturated rings. The van der Waals surface area contributed by atoms with E-state index in [-0.39, 0.29) is 0 Å². The summed E-state index contributed by atoms with van der Waals surface area (Å²) in [5.41, 5.74) is 6.48. The molecule has 2 N–H and O–H groups in total. The zero-order chi connectivity index (χ0) is 35.4. The van der Waals surface area contributed by atoms with Crippen LogP contribution in [0.4, 0.5) is 34.6 Å². The number of halogens is 1. The van der Waals surface area contributed by atoms with E-state index in [2.05, 4.69) is 116 Å². The third kappa shape index (κ3) is 8.34. The van der Waals surface area contributed by atoms with Crippen molar-refractivity contribution in [3.8, 4) is 17.0 Å². The Kier molecular flexibility index (Phi) is 11.8. The van der Waals surface area contributed by atoms with Gasteiger partial charge in [-0.2, -0.15) is 4.98 Å². The van der Waals surface area contributed by atoms with E-state index in [9.17, 15) is 0 Å². The summed E-state index contributed by atoms with van der Waals surface area (Å²) in [6, 6.07) is 17.7. The highest BCUT2D eigenvalue weighted by Crippen LogP contribution is 2.38. The molecule has 2 aromatic heterocycles. The zero-order valence-corrected chi connectivity index (χ0v) is 33.0. The third-order valence-electron chi connectivity index (χ3n) is 9.85. The van der Waals surface area contributed by atoms with Crippen LogP contribution in [0.25, 0.3) is 11.3 Å². The zero-order valence-electron chi connectivity index (χ0n) is 30.5. The summed E-state index contributed by atoms with van der Waals surface area (Å²) >= 11 is 3.68. The second-order valence-electron chi connectivity index (χ2n) is 13.6. The number of piperidine rings is 1. The molecule has 0 radical (unpaired) electrons. The number of nitrogens with one attached hydrogen (secondary N) is 2. The van der Waals surface area contributed by atoms with Gasteiger partial charge in [-0.1, -0.05) is 27.0 Å². The minimum Gasteiger partial charge on any atom is -0.494 e. The van der Waals surface area contributed by atoms with Crippen molar-refractivity contribution < 1.29 is 4.74 Å². The molecule has 0 unspecified atom stereocenters. The molecular weight excluding hydrogens is 709 g/mol. The highest BCUT2D eigenvalue weighted by molar-refractivity contribution is 9.10. The summed E-state index contributed by atoms with van der Waals surface area (Å²) in [7, 11) is 7.56. The van der Waals surface area contributed by atoms with E-state index in [4.69, 9.17) is 14.7 Å². The summed E-state index contributed by atoms with van der Waals surface area (Å²) < 4.78 is 6.73. The lowest BCUT2D eigenvalue weighted by atomic mass is 9.99. The van der Waals surface area contributed by atoms with Gasteiger partial charge < -0.3 is 30.1 Å². The number of hydrogen-bond donors (Lipinski definition) is 2. The predicted molar refractivity (Wildman–Crippen MR) is 215 cm³/mol. The fourth-order valence-corrected chi connectivity index (χ4v) is 8.18. The lowest BCUT2D eigenvalue weighted by molar-refractivity contribution is 0.0982. The summed E-state index contributed by atoms with van der Waals surface area (Å²) in [5.74, 6) is 2.91. The predicted octanol–water partition coefficient (Wildman–Crippen LogP) is 7.01. The van der Waals surface area contributed by atoms with Crippen LogP contribution in [-0.2, 0) is 6.42 Å². The maximum Gasteiger partial charge on any atom is 0.229 e. The van der Waals surface area contributed by atoms with E-state index in [1.807, 2.05) is 25.1 Å². The van der Waals surface area contributed by atoms with Gasteiger partial charge in [0, 0.05) is 88.6 Å². The number of likely N-dealkylation sites (N-methyl/N-ethyl adjacent to an activating group) is 1. The minimum atomic E-state index is -0.425. The Balaban J connectivity index is 1.20.